The summed E-state index contributed by atoms with van der Waals surface area (Å²) in [6.45, 7) is 6.91. The van der Waals surface area contributed by atoms with Gasteiger partial charge in [0.1, 0.15) is 17.2 Å². The number of aliphatic hydroxyl groups excluding tert-OH is 1. The van der Waals surface area contributed by atoms with E-state index in [4.69, 9.17) is 14.2 Å². The van der Waals surface area contributed by atoms with Gasteiger partial charge in [-0.1, -0.05) is 12.1 Å². The van der Waals surface area contributed by atoms with Crippen LogP contribution in [-0.2, 0) is 19.1 Å². The largest absolute Gasteiger partial charge is 0.507 e. The Kier molecular flexibility index (Phi) is 7.46. The topological polar surface area (TPSA) is 121 Å². The molecule has 2 aliphatic rings. The fraction of sp³-hybridized carbons (Fsp3) is 0.423. The number of amides is 1. The van der Waals surface area contributed by atoms with Gasteiger partial charge < -0.3 is 29.2 Å². The summed E-state index contributed by atoms with van der Waals surface area (Å²) in [5.41, 5.74) is 1.99. The number of methoxy groups -OCH3 is 2. The van der Waals surface area contributed by atoms with Gasteiger partial charge in [-0.25, -0.2) is 4.79 Å². The Labute approximate surface area is 209 Å². The maximum absolute atomic E-state index is 13.4. The fourth-order valence-corrected chi connectivity index (χ4v) is 4.89. The molecule has 2 fully saturated rings. The second-order valence-corrected chi connectivity index (χ2v) is 8.84. The minimum absolute atomic E-state index is 0.0307. The second kappa shape index (κ2) is 10.5. The zero-order chi connectivity index (χ0) is 26.0. The predicted octanol–water partition coefficient (Wildman–Crippen LogP) is 2.18. The number of ether oxygens (including phenoxy) is 3. The highest BCUT2D eigenvalue weighted by Crippen LogP contribution is 2.41. The van der Waals surface area contributed by atoms with Crippen LogP contribution in [0.3, 0.4) is 0 Å². The first-order valence-corrected chi connectivity index (χ1v) is 11.8. The summed E-state index contributed by atoms with van der Waals surface area (Å²) < 4.78 is 15.6. The number of nitrogens with one attached hydrogen (secondary N) is 1. The van der Waals surface area contributed by atoms with Crippen molar-refractivity contribution in [2.75, 3.05) is 53.6 Å². The van der Waals surface area contributed by atoms with Crippen LogP contribution in [-0.4, -0.2) is 91.2 Å². The molecule has 0 radical (unpaired) electrons. The number of aliphatic hydroxyl groups is 1. The molecule has 0 bridgehead atoms. The Morgan fingerprint density at radius 3 is 2.56 bits per heavy atom. The molecule has 2 aliphatic heterocycles. The van der Waals surface area contributed by atoms with Gasteiger partial charge in [-0.2, -0.15) is 0 Å². The number of carbonyl (C=O) groups excluding carboxylic acids is 3. The number of esters is 1. The molecule has 2 N–H and O–H groups in total. The summed E-state index contributed by atoms with van der Waals surface area (Å²) in [7, 11) is 2.80. The fourth-order valence-electron chi connectivity index (χ4n) is 4.89. The molecule has 4 rings (SSSR count). The van der Waals surface area contributed by atoms with Crippen LogP contribution in [0.1, 0.15) is 38.9 Å². The van der Waals surface area contributed by atoms with Gasteiger partial charge in [-0.15, -0.1) is 0 Å². The maximum atomic E-state index is 13.4. The van der Waals surface area contributed by atoms with Crippen LogP contribution >= 0.6 is 0 Å². The molecule has 1 aromatic heterocycles. The second-order valence-electron chi connectivity index (χ2n) is 8.84. The van der Waals surface area contributed by atoms with Crippen molar-refractivity contribution in [3.05, 3.63) is 57.9 Å². The molecule has 10 heteroatoms. The van der Waals surface area contributed by atoms with E-state index in [0.29, 0.717) is 54.4 Å². The van der Waals surface area contributed by atoms with E-state index in [1.54, 1.807) is 38.1 Å². The summed E-state index contributed by atoms with van der Waals surface area (Å²) in [6.07, 6.45) is 0. The average molecular weight is 498 g/mol. The molecule has 192 valence electrons. The maximum Gasteiger partial charge on any atom is 0.354 e. The highest BCUT2D eigenvalue weighted by molar-refractivity contribution is 6.46. The summed E-state index contributed by atoms with van der Waals surface area (Å²) in [4.78, 5) is 45.4. The average Bonchev–Trinajstić information content (AvgIpc) is 3.34. The van der Waals surface area contributed by atoms with E-state index in [9.17, 15) is 19.5 Å². The molecule has 1 atom stereocenters. The van der Waals surface area contributed by atoms with Gasteiger partial charge in [0.2, 0.25) is 0 Å². The zero-order valence-electron chi connectivity index (χ0n) is 20.9. The molecule has 0 saturated carbocycles. The van der Waals surface area contributed by atoms with E-state index in [1.165, 1.54) is 19.1 Å². The van der Waals surface area contributed by atoms with E-state index < -0.39 is 23.7 Å². The van der Waals surface area contributed by atoms with Gasteiger partial charge in [0.15, 0.2) is 0 Å². The zero-order valence-corrected chi connectivity index (χ0v) is 20.9. The molecule has 0 spiro atoms. The summed E-state index contributed by atoms with van der Waals surface area (Å²) in [6, 6.07) is 6.27. The Bertz CT molecular complexity index is 1210. The molecule has 36 heavy (non-hydrogen) atoms. The molecule has 0 aliphatic carbocycles. The van der Waals surface area contributed by atoms with E-state index in [-0.39, 0.29) is 17.0 Å². The number of nitrogens with zero attached hydrogens (tertiary/aromatic N) is 2. The molecule has 1 aromatic carbocycles. The lowest BCUT2D eigenvalue weighted by Crippen LogP contribution is -2.42. The standard InChI is InChI=1S/C26H31N3O7/c1-15-19(16(2)27-21(15)26(33)35-4)23(30)20-22(17-6-5-7-18(14-17)34-3)29(25(32)24(20)31)9-8-28-10-12-36-13-11-28/h5-7,14,22,27,30H,8-13H2,1-4H3/t22-/m1/s1. The normalized spacial score (nSPS) is 20.1. The third-order valence-electron chi connectivity index (χ3n) is 6.77. The van der Waals surface area contributed by atoms with Crippen molar-refractivity contribution >= 4 is 23.4 Å². The van der Waals surface area contributed by atoms with Gasteiger partial charge in [0.05, 0.1) is 39.0 Å². The van der Waals surface area contributed by atoms with Crippen LogP contribution in [0.25, 0.3) is 5.76 Å². The molecule has 3 heterocycles. The number of aromatic nitrogens is 1. The lowest BCUT2D eigenvalue weighted by atomic mass is 9.94. The number of H-pyrrole nitrogens is 1. The van der Waals surface area contributed by atoms with Gasteiger partial charge in [-0.3, -0.25) is 14.5 Å². The van der Waals surface area contributed by atoms with E-state index in [0.717, 1.165) is 13.1 Å². The first kappa shape index (κ1) is 25.5. The van der Waals surface area contributed by atoms with Crippen molar-refractivity contribution in [1.29, 1.82) is 0 Å². The number of morpholine rings is 1. The van der Waals surface area contributed by atoms with Crippen molar-refractivity contribution in [3.8, 4) is 5.75 Å². The summed E-state index contributed by atoms with van der Waals surface area (Å²) >= 11 is 0. The summed E-state index contributed by atoms with van der Waals surface area (Å²) in [5, 5.41) is 11.5. The molecule has 0 unspecified atom stereocenters. The number of hydrogen-bond donors (Lipinski definition) is 2. The third kappa shape index (κ3) is 4.61. The lowest BCUT2D eigenvalue weighted by molar-refractivity contribution is -0.140. The number of hydrogen-bond acceptors (Lipinski definition) is 8. The number of carbonyl (C=O) groups is 3. The number of benzene rings is 1. The van der Waals surface area contributed by atoms with Crippen LogP contribution in [0, 0.1) is 13.8 Å². The predicted molar refractivity (Wildman–Crippen MR) is 131 cm³/mol. The van der Waals surface area contributed by atoms with Crippen molar-refractivity contribution < 1.29 is 33.7 Å². The van der Waals surface area contributed by atoms with Crippen molar-refractivity contribution in [2.45, 2.75) is 19.9 Å². The van der Waals surface area contributed by atoms with Gasteiger partial charge in [0, 0.05) is 37.4 Å². The highest BCUT2D eigenvalue weighted by atomic mass is 16.5. The Morgan fingerprint density at radius 2 is 1.89 bits per heavy atom. The van der Waals surface area contributed by atoms with E-state index >= 15 is 0 Å². The quantitative estimate of drug-likeness (QED) is 0.258. The SMILES string of the molecule is COC(=O)c1[nH]c(C)c(C(O)=C2C(=O)C(=O)N(CCN3CCOCC3)[C@@H]2c2cccc(OC)c2)c1C. The van der Waals surface area contributed by atoms with Crippen LogP contribution in [0.2, 0.25) is 0 Å². The lowest BCUT2D eigenvalue weighted by Gasteiger charge is -2.31. The van der Waals surface area contributed by atoms with Crippen LogP contribution in [0.4, 0.5) is 0 Å². The number of likely N-dealkylation sites (tertiary alicyclic amines) is 1. The molecular formula is C26H31N3O7. The smallest absolute Gasteiger partial charge is 0.354 e. The number of aromatic amines is 1. The Morgan fingerprint density at radius 1 is 1.17 bits per heavy atom. The van der Waals surface area contributed by atoms with E-state index in [1.807, 2.05) is 0 Å². The van der Waals surface area contributed by atoms with Crippen LogP contribution < -0.4 is 4.74 Å². The molecule has 2 saturated heterocycles. The molecule has 1 amide bonds. The highest BCUT2D eigenvalue weighted by Gasteiger charge is 2.46. The molecule has 10 nitrogen and oxygen atoms in total. The Hall–Kier alpha value is -3.63. The van der Waals surface area contributed by atoms with Gasteiger partial charge in [-0.05, 0) is 37.1 Å². The number of ketones is 1. The number of Topliss-reactive ketones (excluding diaryl/α,β-unsaturated/α-hetero) is 1. The number of rotatable bonds is 7. The van der Waals surface area contributed by atoms with Crippen LogP contribution in [0.15, 0.2) is 29.8 Å². The van der Waals surface area contributed by atoms with Crippen molar-refractivity contribution in [1.82, 2.24) is 14.8 Å². The summed E-state index contributed by atoms with van der Waals surface area (Å²) in [5.74, 6) is -1.83. The first-order valence-electron chi connectivity index (χ1n) is 11.8. The minimum Gasteiger partial charge on any atom is -0.507 e. The van der Waals surface area contributed by atoms with E-state index in [2.05, 4.69) is 9.88 Å². The molecular weight excluding hydrogens is 466 g/mol. The minimum atomic E-state index is -0.823. The Balaban J connectivity index is 1.81. The first-order chi connectivity index (χ1) is 17.3. The molecule has 2 aromatic rings. The van der Waals surface area contributed by atoms with Gasteiger partial charge >= 0.3 is 5.97 Å². The third-order valence-corrected chi connectivity index (χ3v) is 6.77. The van der Waals surface area contributed by atoms with Crippen molar-refractivity contribution in [2.24, 2.45) is 0 Å². The van der Waals surface area contributed by atoms with Gasteiger partial charge in [0.25, 0.3) is 11.7 Å². The monoisotopic (exact) mass is 497 g/mol. The van der Waals surface area contributed by atoms with Crippen LogP contribution in [0.5, 0.6) is 5.75 Å². The number of aryl methyl sites for hydroxylation is 1. The van der Waals surface area contributed by atoms with Crippen molar-refractivity contribution in [3.63, 3.8) is 0 Å².